The van der Waals surface area contributed by atoms with E-state index in [1.54, 1.807) is 17.0 Å². The fraction of sp³-hybridized carbons (Fsp3) is 0.364. The van der Waals surface area contributed by atoms with Gasteiger partial charge in [0.05, 0.1) is 0 Å². The van der Waals surface area contributed by atoms with Gasteiger partial charge in [-0.25, -0.2) is 9.18 Å². The smallest absolute Gasteiger partial charge is 0.321 e. The zero-order valence-corrected chi connectivity index (χ0v) is 16.3. The first-order valence-corrected chi connectivity index (χ1v) is 9.86. The average molecular weight is 399 g/mol. The van der Waals surface area contributed by atoms with Crippen molar-refractivity contribution in [2.75, 3.05) is 31.6 Å². The Bertz CT molecular complexity index is 808. The summed E-state index contributed by atoms with van der Waals surface area (Å²) in [6, 6.07) is 14.9. The van der Waals surface area contributed by atoms with E-state index in [2.05, 4.69) is 10.6 Å². The highest BCUT2D eigenvalue weighted by molar-refractivity contribution is 5.89. The number of amides is 3. The van der Waals surface area contributed by atoms with Crippen LogP contribution in [0.5, 0.6) is 5.75 Å². The fourth-order valence-corrected chi connectivity index (χ4v) is 3.33. The standard InChI is InChI=1S/C22H26FN3O3/c23-18-5-4-6-19(15-18)25-22(28)26-13-10-17(11-14-26)9-12-24-21(27)16-29-20-7-2-1-3-8-20/h1-8,15,17H,9-14,16H2,(H,24,27)(H,25,28). The van der Waals surface area contributed by atoms with E-state index in [0.29, 0.717) is 37.0 Å². The molecule has 1 aliphatic heterocycles. The van der Waals surface area contributed by atoms with Crippen LogP contribution in [-0.2, 0) is 4.79 Å². The highest BCUT2D eigenvalue weighted by Gasteiger charge is 2.22. The third-order valence-electron chi connectivity index (χ3n) is 4.97. The van der Waals surface area contributed by atoms with E-state index >= 15 is 0 Å². The van der Waals surface area contributed by atoms with Crippen LogP contribution in [0.25, 0.3) is 0 Å². The second-order valence-electron chi connectivity index (χ2n) is 7.11. The number of anilines is 1. The van der Waals surface area contributed by atoms with Crippen molar-refractivity contribution in [2.24, 2.45) is 5.92 Å². The van der Waals surface area contributed by atoms with Crippen molar-refractivity contribution in [3.63, 3.8) is 0 Å². The molecule has 0 aromatic heterocycles. The fourth-order valence-electron chi connectivity index (χ4n) is 3.33. The lowest BCUT2D eigenvalue weighted by Gasteiger charge is -2.32. The third-order valence-corrected chi connectivity index (χ3v) is 4.97. The minimum Gasteiger partial charge on any atom is -0.484 e. The maximum absolute atomic E-state index is 13.2. The summed E-state index contributed by atoms with van der Waals surface area (Å²) < 4.78 is 18.6. The molecule has 6 nitrogen and oxygen atoms in total. The number of nitrogens with zero attached hydrogens (tertiary/aromatic N) is 1. The number of likely N-dealkylation sites (tertiary alicyclic amines) is 1. The van der Waals surface area contributed by atoms with Gasteiger partial charge in [0.1, 0.15) is 11.6 Å². The molecule has 0 atom stereocenters. The number of urea groups is 1. The molecule has 29 heavy (non-hydrogen) atoms. The Kier molecular flexibility index (Phi) is 7.44. The number of piperidine rings is 1. The van der Waals surface area contributed by atoms with E-state index in [9.17, 15) is 14.0 Å². The number of nitrogens with one attached hydrogen (secondary N) is 2. The summed E-state index contributed by atoms with van der Waals surface area (Å²) in [7, 11) is 0. The van der Waals surface area contributed by atoms with Crippen LogP contribution in [0, 0.1) is 11.7 Å². The predicted molar refractivity (Wildman–Crippen MR) is 109 cm³/mol. The third kappa shape index (κ3) is 6.78. The molecule has 0 saturated carbocycles. The number of rotatable bonds is 7. The molecular formula is C22H26FN3O3. The van der Waals surface area contributed by atoms with Crippen LogP contribution in [0.4, 0.5) is 14.9 Å². The molecule has 0 aliphatic carbocycles. The van der Waals surface area contributed by atoms with Crippen molar-refractivity contribution >= 4 is 17.6 Å². The number of para-hydroxylation sites is 1. The number of benzene rings is 2. The molecule has 0 bridgehead atoms. The predicted octanol–water partition coefficient (Wildman–Crippen LogP) is 3.65. The molecule has 0 spiro atoms. The van der Waals surface area contributed by atoms with Crippen molar-refractivity contribution in [1.82, 2.24) is 10.2 Å². The van der Waals surface area contributed by atoms with Crippen molar-refractivity contribution in [3.05, 3.63) is 60.4 Å². The van der Waals surface area contributed by atoms with E-state index < -0.39 is 0 Å². The molecule has 154 valence electrons. The number of halogens is 1. The van der Waals surface area contributed by atoms with Crippen LogP contribution in [0.15, 0.2) is 54.6 Å². The van der Waals surface area contributed by atoms with Crippen molar-refractivity contribution < 1.29 is 18.7 Å². The molecule has 1 heterocycles. The topological polar surface area (TPSA) is 70.7 Å². The van der Waals surface area contributed by atoms with Gasteiger partial charge in [-0.3, -0.25) is 4.79 Å². The normalized spacial score (nSPS) is 14.3. The Morgan fingerprint density at radius 1 is 1.07 bits per heavy atom. The minimum absolute atomic E-state index is 0.00269. The Morgan fingerprint density at radius 3 is 2.55 bits per heavy atom. The summed E-state index contributed by atoms with van der Waals surface area (Å²) in [5, 5.41) is 5.61. The molecule has 2 aromatic carbocycles. The first-order valence-electron chi connectivity index (χ1n) is 9.86. The van der Waals surface area contributed by atoms with Gasteiger partial charge in [-0.2, -0.15) is 0 Å². The molecule has 2 aromatic rings. The SMILES string of the molecule is O=C(COc1ccccc1)NCCC1CCN(C(=O)Nc2cccc(F)c2)CC1. The summed E-state index contributed by atoms with van der Waals surface area (Å²) >= 11 is 0. The van der Waals surface area contributed by atoms with E-state index in [0.717, 1.165) is 19.3 Å². The van der Waals surface area contributed by atoms with Crippen LogP contribution >= 0.6 is 0 Å². The summed E-state index contributed by atoms with van der Waals surface area (Å²) in [4.78, 5) is 25.9. The molecular weight excluding hydrogens is 373 g/mol. The molecule has 3 rings (SSSR count). The molecule has 1 aliphatic rings. The molecule has 1 saturated heterocycles. The summed E-state index contributed by atoms with van der Waals surface area (Å²) in [6.07, 6.45) is 2.64. The minimum atomic E-state index is -0.377. The number of hydrogen-bond donors (Lipinski definition) is 2. The van der Waals surface area contributed by atoms with Gasteiger partial charge in [0.25, 0.3) is 5.91 Å². The van der Waals surface area contributed by atoms with Crippen molar-refractivity contribution in [2.45, 2.75) is 19.3 Å². The summed E-state index contributed by atoms with van der Waals surface area (Å²) in [5.74, 6) is 0.619. The molecule has 0 radical (unpaired) electrons. The van der Waals surface area contributed by atoms with E-state index in [1.165, 1.54) is 12.1 Å². The zero-order valence-electron chi connectivity index (χ0n) is 16.3. The first kappa shape index (κ1) is 20.6. The lowest BCUT2D eigenvalue weighted by atomic mass is 9.94. The second-order valence-corrected chi connectivity index (χ2v) is 7.11. The van der Waals surface area contributed by atoms with E-state index in [4.69, 9.17) is 4.74 Å². The van der Waals surface area contributed by atoms with Gasteiger partial charge in [-0.15, -0.1) is 0 Å². The second kappa shape index (κ2) is 10.5. The van der Waals surface area contributed by atoms with Gasteiger partial charge in [0.15, 0.2) is 6.61 Å². The van der Waals surface area contributed by atoms with Crippen LogP contribution in [0.2, 0.25) is 0 Å². The van der Waals surface area contributed by atoms with E-state index in [1.807, 2.05) is 30.3 Å². The number of hydrogen-bond acceptors (Lipinski definition) is 3. The number of carbonyl (C=O) groups excluding carboxylic acids is 2. The maximum atomic E-state index is 13.2. The molecule has 3 amide bonds. The zero-order chi connectivity index (χ0) is 20.5. The van der Waals surface area contributed by atoms with Gasteiger partial charge in [0, 0.05) is 25.3 Å². The molecule has 2 N–H and O–H groups in total. The highest BCUT2D eigenvalue weighted by Crippen LogP contribution is 2.21. The Labute approximate surface area is 170 Å². The number of carbonyl (C=O) groups is 2. The quantitative estimate of drug-likeness (QED) is 0.747. The van der Waals surface area contributed by atoms with Gasteiger partial charge >= 0.3 is 6.03 Å². The lowest BCUT2D eigenvalue weighted by molar-refractivity contribution is -0.123. The summed E-state index contributed by atoms with van der Waals surface area (Å²) in [6.45, 7) is 1.90. The molecule has 1 fully saturated rings. The van der Waals surface area contributed by atoms with Crippen molar-refractivity contribution in [1.29, 1.82) is 0 Å². The van der Waals surface area contributed by atoms with Gasteiger partial charge < -0.3 is 20.3 Å². The van der Waals surface area contributed by atoms with Gasteiger partial charge in [-0.1, -0.05) is 24.3 Å². The Morgan fingerprint density at radius 2 is 1.83 bits per heavy atom. The van der Waals surface area contributed by atoms with Gasteiger partial charge in [-0.05, 0) is 55.5 Å². The van der Waals surface area contributed by atoms with Crippen LogP contribution in [-0.4, -0.2) is 43.1 Å². The van der Waals surface area contributed by atoms with Gasteiger partial charge in [0.2, 0.25) is 0 Å². The summed E-state index contributed by atoms with van der Waals surface area (Å²) in [5.41, 5.74) is 0.456. The largest absolute Gasteiger partial charge is 0.484 e. The highest BCUT2D eigenvalue weighted by atomic mass is 19.1. The molecule has 0 unspecified atom stereocenters. The number of ether oxygens (including phenoxy) is 1. The maximum Gasteiger partial charge on any atom is 0.321 e. The lowest BCUT2D eigenvalue weighted by Crippen LogP contribution is -2.41. The monoisotopic (exact) mass is 399 g/mol. The molecule has 7 heteroatoms. The Balaban J connectivity index is 1.30. The van der Waals surface area contributed by atoms with Crippen LogP contribution in [0.1, 0.15) is 19.3 Å². The van der Waals surface area contributed by atoms with Crippen LogP contribution < -0.4 is 15.4 Å². The van der Waals surface area contributed by atoms with Crippen LogP contribution in [0.3, 0.4) is 0 Å². The first-order chi connectivity index (χ1) is 14.1. The van der Waals surface area contributed by atoms with E-state index in [-0.39, 0.29) is 24.4 Å². The Hall–Kier alpha value is -3.09. The van der Waals surface area contributed by atoms with Crippen molar-refractivity contribution in [3.8, 4) is 5.75 Å². The average Bonchev–Trinajstić information content (AvgIpc) is 2.73.